The maximum atomic E-state index is 9.14. The molecule has 0 spiro atoms. The van der Waals surface area contributed by atoms with Crippen LogP contribution in [0.4, 0.5) is 0 Å². The van der Waals surface area contributed by atoms with Gasteiger partial charge in [0.15, 0.2) is 11.5 Å². The minimum absolute atomic E-state index is 0.205. The van der Waals surface area contributed by atoms with Crippen molar-refractivity contribution in [2.75, 3.05) is 0 Å². The monoisotopic (exact) mass is 284 g/mol. The number of halogens is 1. The first-order chi connectivity index (χ1) is 9.70. The van der Waals surface area contributed by atoms with Gasteiger partial charge >= 0.3 is 0 Å². The number of aryl methyl sites for hydroxylation is 1. The van der Waals surface area contributed by atoms with E-state index in [2.05, 4.69) is 10.3 Å². The van der Waals surface area contributed by atoms with Gasteiger partial charge < -0.3 is 4.42 Å². The molecule has 0 saturated heterocycles. The van der Waals surface area contributed by atoms with Crippen molar-refractivity contribution in [2.24, 2.45) is 0 Å². The van der Waals surface area contributed by atoms with Crippen LogP contribution >= 0.6 is 11.6 Å². The Morgan fingerprint density at radius 3 is 2.85 bits per heavy atom. The normalized spacial score (nSPS) is 10.4. The molecule has 3 rings (SSSR count). The number of benzene rings is 1. The average molecular weight is 285 g/mol. The van der Waals surface area contributed by atoms with Crippen LogP contribution in [0.2, 0.25) is 5.02 Å². The molecule has 98 valence electrons. The second kappa shape index (κ2) is 4.83. The van der Waals surface area contributed by atoms with Gasteiger partial charge in [0.2, 0.25) is 0 Å². The second-order valence-corrected chi connectivity index (χ2v) is 4.63. The zero-order chi connectivity index (χ0) is 14.1. The van der Waals surface area contributed by atoms with Crippen LogP contribution in [0.1, 0.15) is 11.3 Å². The maximum absolute atomic E-state index is 9.14. The lowest BCUT2D eigenvalue weighted by atomic mass is 10.2. The van der Waals surface area contributed by atoms with Gasteiger partial charge in [0.25, 0.3) is 0 Å². The summed E-state index contributed by atoms with van der Waals surface area (Å²) < 4.78 is 6.90. The second-order valence-electron chi connectivity index (χ2n) is 4.22. The molecular weight excluding hydrogens is 276 g/mol. The summed E-state index contributed by atoms with van der Waals surface area (Å²) in [6.45, 7) is 1.92. The lowest BCUT2D eigenvalue weighted by molar-refractivity contribution is 0.576. The topological polar surface area (TPSA) is 67.6 Å². The van der Waals surface area contributed by atoms with Crippen molar-refractivity contribution in [3.05, 3.63) is 52.9 Å². The Morgan fingerprint density at radius 2 is 2.20 bits per heavy atom. The highest BCUT2D eigenvalue weighted by Gasteiger charge is 2.18. The zero-order valence-electron chi connectivity index (χ0n) is 10.5. The van der Waals surface area contributed by atoms with Gasteiger partial charge in [-0.3, -0.25) is 0 Å². The van der Waals surface area contributed by atoms with Crippen LogP contribution in [0.15, 0.2) is 41.0 Å². The van der Waals surface area contributed by atoms with Crippen LogP contribution in [-0.2, 0) is 0 Å². The fourth-order valence-electron chi connectivity index (χ4n) is 1.89. The first kappa shape index (κ1) is 12.5. The molecule has 6 heteroatoms. The summed E-state index contributed by atoms with van der Waals surface area (Å²) in [5, 5.41) is 17.6. The molecule has 2 aromatic heterocycles. The third-order valence-electron chi connectivity index (χ3n) is 2.93. The number of hydrogen-bond donors (Lipinski definition) is 0. The molecule has 2 heterocycles. The van der Waals surface area contributed by atoms with Gasteiger partial charge in [-0.15, -0.1) is 5.10 Å². The SMILES string of the molecule is Cc1ccc(-n2nnc(C#N)c2-c2ccco2)cc1Cl. The fraction of sp³-hybridized carbons (Fsp3) is 0.0714. The third-order valence-corrected chi connectivity index (χ3v) is 3.34. The Morgan fingerprint density at radius 1 is 1.35 bits per heavy atom. The third kappa shape index (κ3) is 1.96. The van der Waals surface area contributed by atoms with E-state index in [0.717, 1.165) is 11.3 Å². The number of aromatic nitrogens is 3. The number of rotatable bonds is 2. The standard InChI is InChI=1S/C14H9ClN4O/c1-9-4-5-10(7-11(9)15)19-14(12(8-16)17-18-19)13-3-2-6-20-13/h2-7H,1H3. The zero-order valence-corrected chi connectivity index (χ0v) is 11.3. The Kier molecular flexibility index (Phi) is 3.01. The number of nitriles is 1. The quantitative estimate of drug-likeness (QED) is 0.723. The molecular formula is C14H9ClN4O. The van der Waals surface area contributed by atoms with Gasteiger partial charge in [-0.2, -0.15) is 5.26 Å². The van der Waals surface area contributed by atoms with Crippen LogP contribution in [0, 0.1) is 18.3 Å². The minimum atomic E-state index is 0.205. The Labute approximate surface area is 120 Å². The molecule has 0 fully saturated rings. The van der Waals surface area contributed by atoms with Crippen molar-refractivity contribution >= 4 is 11.6 Å². The molecule has 0 unspecified atom stereocenters. The molecule has 20 heavy (non-hydrogen) atoms. The minimum Gasteiger partial charge on any atom is -0.463 e. The lowest BCUT2D eigenvalue weighted by Crippen LogP contribution is -1.99. The van der Waals surface area contributed by atoms with E-state index in [1.807, 2.05) is 25.1 Å². The Balaban J connectivity index is 2.22. The van der Waals surface area contributed by atoms with Crippen LogP contribution in [0.5, 0.6) is 0 Å². The molecule has 0 aliphatic carbocycles. The molecule has 0 N–H and O–H groups in total. The summed E-state index contributed by atoms with van der Waals surface area (Å²) in [5.41, 5.74) is 2.41. The molecule has 0 amide bonds. The number of furan rings is 1. The van der Waals surface area contributed by atoms with E-state index in [-0.39, 0.29) is 5.69 Å². The molecule has 0 radical (unpaired) electrons. The molecule has 0 saturated carbocycles. The smallest absolute Gasteiger partial charge is 0.194 e. The molecule has 0 aliphatic rings. The summed E-state index contributed by atoms with van der Waals surface area (Å²) in [5.74, 6) is 0.531. The predicted octanol–water partition coefficient (Wildman–Crippen LogP) is 3.36. The van der Waals surface area contributed by atoms with E-state index in [1.54, 1.807) is 22.9 Å². The van der Waals surface area contributed by atoms with Crippen LogP contribution in [0.25, 0.3) is 17.1 Å². The predicted molar refractivity (Wildman–Crippen MR) is 73.5 cm³/mol. The number of hydrogen-bond acceptors (Lipinski definition) is 4. The molecule has 5 nitrogen and oxygen atoms in total. The first-order valence-electron chi connectivity index (χ1n) is 5.87. The van der Waals surface area contributed by atoms with Gasteiger partial charge in [0.05, 0.1) is 12.0 Å². The van der Waals surface area contributed by atoms with Crippen molar-refractivity contribution < 1.29 is 4.42 Å². The van der Waals surface area contributed by atoms with E-state index >= 15 is 0 Å². The Hall–Kier alpha value is -2.58. The average Bonchev–Trinajstić information content (AvgIpc) is 3.09. The van der Waals surface area contributed by atoms with Gasteiger partial charge in [-0.05, 0) is 36.8 Å². The van der Waals surface area contributed by atoms with Crippen molar-refractivity contribution in [3.8, 4) is 23.2 Å². The summed E-state index contributed by atoms with van der Waals surface area (Å²) in [6.07, 6.45) is 1.54. The Bertz CT molecular complexity index is 799. The molecule has 0 atom stereocenters. The highest BCUT2D eigenvalue weighted by Crippen LogP contribution is 2.27. The number of nitrogens with zero attached hydrogens (tertiary/aromatic N) is 4. The summed E-state index contributed by atoms with van der Waals surface area (Å²) in [7, 11) is 0. The van der Waals surface area contributed by atoms with Crippen LogP contribution < -0.4 is 0 Å². The molecule has 1 aromatic carbocycles. The van der Waals surface area contributed by atoms with Gasteiger partial charge in [-0.1, -0.05) is 22.9 Å². The summed E-state index contributed by atoms with van der Waals surface area (Å²) in [4.78, 5) is 0. The fourth-order valence-corrected chi connectivity index (χ4v) is 2.06. The summed E-state index contributed by atoms with van der Waals surface area (Å²) >= 11 is 6.13. The molecule has 0 bridgehead atoms. The van der Waals surface area contributed by atoms with Crippen molar-refractivity contribution in [2.45, 2.75) is 6.92 Å². The van der Waals surface area contributed by atoms with Crippen LogP contribution in [0.3, 0.4) is 0 Å². The molecule has 0 aliphatic heterocycles. The van der Waals surface area contributed by atoms with E-state index in [1.165, 1.54) is 6.26 Å². The van der Waals surface area contributed by atoms with Crippen molar-refractivity contribution in [1.29, 1.82) is 5.26 Å². The molecule has 3 aromatic rings. The van der Waals surface area contributed by atoms with Gasteiger partial charge in [0.1, 0.15) is 11.8 Å². The van der Waals surface area contributed by atoms with E-state index in [4.69, 9.17) is 21.3 Å². The van der Waals surface area contributed by atoms with Gasteiger partial charge in [0, 0.05) is 5.02 Å². The van der Waals surface area contributed by atoms with Crippen molar-refractivity contribution in [3.63, 3.8) is 0 Å². The summed E-state index contributed by atoms with van der Waals surface area (Å²) in [6, 6.07) is 11.0. The highest BCUT2D eigenvalue weighted by atomic mass is 35.5. The van der Waals surface area contributed by atoms with Crippen molar-refractivity contribution in [1.82, 2.24) is 15.0 Å². The largest absolute Gasteiger partial charge is 0.463 e. The first-order valence-corrected chi connectivity index (χ1v) is 6.24. The lowest BCUT2D eigenvalue weighted by Gasteiger charge is -2.06. The highest BCUT2D eigenvalue weighted by molar-refractivity contribution is 6.31. The van der Waals surface area contributed by atoms with Gasteiger partial charge in [-0.25, -0.2) is 4.68 Å². The van der Waals surface area contributed by atoms with E-state index in [9.17, 15) is 0 Å². The van der Waals surface area contributed by atoms with E-state index < -0.39 is 0 Å². The maximum Gasteiger partial charge on any atom is 0.194 e. The van der Waals surface area contributed by atoms with E-state index in [0.29, 0.717) is 16.5 Å². The van der Waals surface area contributed by atoms with Crippen LogP contribution in [-0.4, -0.2) is 15.0 Å².